The van der Waals surface area contributed by atoms with Gasteiger partial charge in [0.15, 0.2) is 0 Å². The first-order valence-corrected chi connectivity index (χ1v) is 8.42. The third-order valence-corrected chi connectivity index (χ3v) is 4.71. The quantitative estimate of drug-likeness (QED) is 0.767. The fourth-order valence-corrected chi connectivity index (χ4v) is 3.47. The number of para-hydroxylation sites is 2. The minimum Gasteiger partial charge on any atom is -0.496 e. The van der Waals surface area contributed by atoms with Crippen LogP contribution < -0.4 is 14.4 Å². The minimum absolute atomic E-state index is 0.342. The number of imide groups is 1. The molecule has 0 atom stereocenters. The molecule has 0 aliphatic carbocycles. The van der Waals surface area contributed by atoms with Gasteiger partial charge >= 0.3 is 0 Å². The Morgan fingerprint density at radius 3 is 2.40 bits per heavy atom. The maximum atomic E-state index is 12.7. The first-order chi connectivity index (χ1) is 12.0. The number of carbonyl (C=O) groups excluding carboxylic acids is 2. The van der Waals surface area contributed by atoms with Crippen LogP contribution in [-0.4, -0.2) is 25.4 Å². The molecule has 0 unspecified atom stereocenters. The summed E-state index contributed by atoms with van der Waals surface area (Å²) in [6, 6.07) is 12.6. The van der Waals surface area contributed by atoms with E-state index in [1.54, 1.807) is 37.5 Å². The maximum absolute atomic E-state index is 12.7. The van der Waals surface area contributed by atoms with Crippen molar-refractivity contribution < 1.29 is 19.1 Å². The van der Waals surface area contributed by atoms with Gasteiger partial charge in [0.25, 0.3) is 11.1 Å². The first-order valence-electron chi connectivity index (χ1n) is 7.60. The molecule has 25 heavy (non-hydrogen) atoms. The number of thioether (sulfide) groups is 1. The number of rotatable bonds is 4. The Kier molecular flexibility index (Phi) is 4.81. The zero-order chi connectivity index (χ0) is 18.0. The van der Waals surface area contributed by atoms with Crippen LogP contribution in [-0.2, 0) is 4.79 Å². The Morgan fingerprint density at radius 1 is 1.00 bits per heavy atom. The van der Waals surface area contributed by atoms with E-state index in [1.807, 2.05) is 25.1 Å². The smallest absolute Gasteiger partial charge is 0.298 e. The molecular formula is C19H17NO4S. The Hall–Kier alpha value is -2.73. The zero-order valence-corrected chi connectivity index (χ0v) is 14.9. The zero-order valence-electron chi connectivity index (χ0n) is 14.1. The average molecular weight is 355 g/mol. The van der Waals surface area contributed by atoms with Gasteiger partial charge in [0.1, 0.15) is 11.5 Å². The largest absolute Gasteiger partial charge is 0.496 e. The fourth-order valence-electron chi connectivity index (χ4n) is 2.63. The van der Waals surface area contributed by atoms with Gasteiger partial charge in [0, 0.05) is 0 Å². The second-order valence-electron chi connectivity index (χ2n) is 5.42. The number of anilines is 1. The molecule has 128 valence electrons. The Bertz CT molecular complexity index is 875. The minimum atomic E-state index is -0.354. The molecule has 0 bridgehead atoms. The third kappa shape index (κ3) is 3.25. The van der Waals surface area contributed by atoms with Gasteiger partial charge in [-0.3, -0.25) is 9.59 Å². The van der Waals surface area contributed by atoms with Gasteiger partial charge in [-0.05, 0) is 60.2 Å². The third-order valence-electron chi connectivity index (χ3n) is 3.84. The molecule has 0 spiro atoms. The monoisotopic (exact) mass is 355 g/mol. The second-order valence-corrected chi connectivity index (χ2v) is 6.41. The van der Waals surface area contributed by atoms with Gasteiger partial charge in [-0.1, -0.05) is 18.2 Å². The summed E-state index contributed by atoms with van der Waals surface area (Å²) in [4.78, 5) is 26.6. The summed E-state index contributed by atoms with van der Waals surface area (Å²) in [6.07, 6.45) is 1.72. The van der Waals surface area contributed by atoms with E-state index >= 15 is 0 Å². The fraction of sp³-hybridized carbons (Fsp3) is 0.158. The van der Waals surface area contributed by atoms with Crippen molar-refractivity contribution in [3.8, 4) is 11.5 Å². The summed E-state index contributed by atoms with van der Waals surface area (Å²) < 4.78 is 10.5. The van der Waals surface area contributed by atoms with Crippen molar-refractivity contribution in [1.29, 1.82) is 0 Å². The lowest BCUT2D eigenvalue weighted by Crippen LogP contribution is -2.28. The molecule has 2 aromatic carbocycles. The lowest BCUT2D eigenvalue weighted by atomic mass is 10.1. The molecule has 2 aromatic rings. The molecule has 1 saturated heterocycles. The van der Waals surface area contributed by atoms with Crippen molar-refractivity contribution in [1.82, 2.24) is 0 Å². The molecule has 1 aliphatic heterocycles. The predicted octanol–water partition coefficient (Wildman–Crippen LogP) is 4.25. The van der Waals surface area contributed by atoms with E-state index in [-0.39, 0.29) is 11.1 Å². The molecule has 1 heterocycles. The maximum Gasteiger partial charge on any atom is 0.298 e. The molecule has 0 radical (unpaired) electrons. The van der Waals surface area contributed by atoms with Gasteiger partial charge in [-0.25, -0.2) is 4.90 Å². The standard InChI is InChI=1S/C19H17NO4S/c1-12-10-13(8-9-15(12)23-2)11-17-18(21)20(19(22)25-17)14-6-4-5-7-16(14)24-3/h4-11H,1-3H3/b17-11-. The van der Waals surface area contributed by atoms with Crippen LogP contribution in [0.2, 0.25) is 0 Å². The average Bonchev–Trinajstić information content (AvgIpc) is 2.88. The Labute approximate surface area is 150 Å². The van der Waals surface area contributed by atoms with Gasteiger partial charge in [-0.2, -0.15) is 0 Å². The van der Waals surface area contributed by atoms with E-state index in [9.17, 15) is 9.59 Å². The number of ether oxygens (including phenoxy) is 2. The molecule has 2 amide bonds. The second kappa shape index (κ2) is 7.03. The van der Waals surface area contributed by atoms with Gasteiger partial charge in [0.05, 0.1) is 24.8 Å². The normalized spacial score (nSPS) is 15.8. The van der Waals surface area contributed by atoms with Crippen LogP contribution in [0.3, 0.4) is 0 Å². The number of hydrogen-bond donors (Lipinski definition) is 0. The van der Waals surface area contributed by atoms with E-state index in [0.717, 1.165) is 33.5 Å². The number of benzene rings is 2. The van der Waals surface area contributed by atoms with Crippen molar-refractivity contribution in [2.45, 2.75) is 6.92 Å². The summed E-state index contributed by atoms with van der Waals surface area (Å²) >= 11 is 0.918. The summed E-state index contributed by atoms with van der Waals surface area (Å²) in [7, 11) is 3.12. The number of carbonyl (C=O) groups is 2. The molecule has 5 nitrogen and oxygen atoms in total. The van der Waals surface area contributed by atoms with Crippen molar-refractivity contribution in [3.05, 3.63) is 58.5 Å². The number of methoxy groups -OCH3 is 2. The van der Waals surface area contributed by atoms with Crippen LogP contribution in [0.15, 0.2) is 47.4 Å². The molecule has 0 aromatic heterocycles. The van der Waals surface area contributed by atoms with E-state index in [0.29, 0.717) is 16.3 Å². The highest BCUT2D eigenvalue weighted by atomic mass is 32.2. The van der Waals surface area contributed by atoms with Crippen LogP contribution >= 0.6 is 11.8 Å². The summed E-state index contributed by atoms with van der Waals surface area (Å²) in [5, 5.41) is -0.342. The molecule has 6 heteroatoms. The van der Waals surface area contributed by atoms with Crippen molar-refractivity contribution in [3.63, 3.8) is 0 Å². The summed E-state index contributed by atoms with van der Waals surface area (Å²) in [6.45, 7) is 1.93. The molecular weight excluding hydrogens is 338 g/mol. The van der Waals surface area contributed by atoms with Crippen LogP contribution in [0.25, 0.3) is 6.08 Å². The van der Waals surface area contributed by atoms with Crippen LogP contribution in [0.5, 0.6) is 11.5 Å². The number of amides is 2. The summed E-state index contributed by atoms with van der Waals surface area (Å²) in [5.41, 5.74) is 2.24. The van der Waals surface area contributed by atoms with Crippen molar-refractivity contribution >= 4 is 34.7 Å². The van der Waals surface area contributed by atoms with Gasteiger partial charge in [-0.15, -0.1) is 0 Å². The SMILES string of the molecule is COc1ccc(/C=C2\SC(=O)N(c3ccccc3OC)C2=O)cc1C. The molecule has 1 aliphatic rings. The van der Waals surface area contributed by atoms with E-state index in [4.69, 9.17) is 9.47 Å². The van der Waals surface area contributed by atoms with E-state index < -0.39 is 0 Å². The van der Waals surface area contributed by atoms with E-state index in [2.05, 4.69) is 0 Å². The van der Waals surface area contributed by atoms with Crippen LogP contribution in [0.4, 0.5) is 10.5 Å². The lowest BCUT2D eigenvalue weighted by molar-refractivity contribution is -0.113. The number of nitrogens with zero attached hydrogens (tertiary/aromatic N) is 1. The van der Waals surface area contributed by atoms with E-state index in [1.165, 1.54) is 7.11 Å². The molecule has 3 rings (SSSR count). The molecule has 1 fully saturated rings. The molecule has 0 N–H and O–H groups in total. The lowest BCUT2D eigenvalue weighted by Gasteiger charge is -2.15. The highest BCUT2D eigenvalue weighted by molar-refractivity contribution is 8.19. The Balaban J connectivity index is 1.95. The number of hydrogen-bond acceptors (Lipinski definition) is 5. The van der Waals surface area contributed by atoms with Crippen LogP contribution in [0.1, 0.15) is 11.1 Å². The highest BCUT2D eigenvalue weighted by Crippen LogP contribution is 2.39. The van der Waals surface area contributed by atoms with Gasteiger partial charge < -0.3 is 9.47 Å². The highest BCUT2D eigenvalue weighted by Gasteiger charge is 2.37. The number of aryl methyl sites for hydroxylation is 1. The topological polar surface area (TPSA) is 55.8 Å². The van der Waals surface area contributed by atoms with Gasteiger partial charge in [0.2, 0.25) is 0 Å². The molecule has 0 saturated carbocycles. The Morgan fingerprint density at radius 2 is 1.72 bits per heavy atom. The first kappa shape index (κ1) is 17.1. The van der Waals surface area contributed by atoms with Crippen LogP contribution in [0, 0.1) is 6.92 Å². The van der Waals surface area contributed by atoms with Crippen molar-refractivity contribution in [2.75, 3.05) is 19.1 Å². The predicted molar refractivity (Wildman–Crippen MR) is 99.2 cm³/mol. The van der Waals surface area contributed by atoms with Crippen molar-refractivity contribution in [2.24, 2.45) is 0 Å². The summed E-state index contributed by atoms with van der Waals surface area (Å²) in [5.74, 6) is 0.901.